The number of thiophene rings is 1. The molecule has 0 aliphatic carbocycles. The minimum absolute atomic E-state index is 0.332. The zero-order valence-corrected chi connectivity index (χ0v) is 16.2. The van der Waals surface area contributed by atoms with E-state index in [-0.39, 0.29) is 5.91 Å². The fraction of sp³-hybridized carbons (Fsp3) is 0.0455. The SMILES string of the molecule is O=C(N/N=C/c1ccccc1OCc1ccccc1)c1cn[nH]c1-c1cccs1. The third-order valence-corrected chi connectivity index (χ3v) is 5.06. The van der Waals surface area contributed by atoms with Crippen LogP contribution in [0.2, 0.25) is 0 Å². The summed E-state index contributed by atoms with van der Waals surface area (Å²) in [5.41, 5.74) is 5.53. The minimum Gasteiger partial charge on any atom is -0.488 e. The molecular formula is C22H18N4O2S. The van der Waals surface area contributed by atoms with Crippen molar-refractivity contribution >= 4 is 23.5 Å². The van der Waals surface area contributed by atoms with Gasteiger partial charge in [-0.25, -0.2) is 5.43 Å². The molecule has 0 atom stereocenters. The van der Waals surface area contributed by atoms with Gasteiger partial charge in [0.05, 0.1) is 28.5 Å². The maximum absolute atomic E-state index is 12.5. The van der Waals surface area contributed by atoms with Gasteiger partial charge in [0.2, 0.25) is 0 Å². The molecule has 29 heavy (non-hydrogen) atoms. The number of carbonyl (C=O) groups excluding carboxylic acids is 1. The number of H-pyrrole nitrogens is 1. The molecule has 0 spiro atoms. The van der Waals surface area contributed by atoms with Crippen molar-refractivity contribution in [3.63, 3.8) is 0 Å². The van der Waals surface area contributed by atoms with Crippen molar-refractivity contribution in [1.29, 1.82) is 0 Å². The number of para-hydroxylation sites is 1. The number of aromatic nitrogens is 2. The van der Waals surface area contributed by atoms with E-state index in [0.717, 1.165) is 16.0 Å². The number of nitrogens with zero attached hydrogens (tertiary/aromatic N) is 2. The first-order chi connectivity index (χ1) is 14.3. The van der Waals surface area contributed by atoms with Gasteiger partial charge < -0.3 is 4.74 Å². The van der Waals surface area contributed by atoms with Crippen molar-refractivity contribution in [3.05, 3.63) is 95.0 Å². The monoisotopic (exact) mass is 402 g/mol. The lowest BCUT2D eigenvalue weighted by Crippen LogP contribution is -2.17. The summed E-state index contributed by atoms with van der Waals surface area (Å²) in [6, 6.07) is 21.3. The molecule has 0 fully saturated rings. The summed E-state index contributed by atoms with van der Waals surface area (Å²) in [7, 11) is 0. The van der Waals surface area contributed by atoms with Crippen molar-refractivity contribution in [2.75, 3.05) is 0 Å². The van der Waals surface area contributed by atoms with E-state index < -0.39 is 0 Å². The van der Waals surface area contributed by atoms with Crippen LogP contribution in [-0.4, -0.2) is 22.3 Å². The second kappa shape index (κ2) is 8.99. The molecule has 0 unspecified atom stereocenters. The maximum Gasteiger partial charge on any atom is 0.275 e. The van der Waals surface area contributed by atoms with Crippen molar-refractivity contribution < 1.29 is 9.53 Å². The smallest absolute Gasteiger partial charge is 0.275 e. The number of ether oxygens (including phenoxy) is 1. The van der Waals surface area contributed by atoms with E-state index in [4.69, 9.17) is 4.74 Å². The van der Waals surface area contributed by atoms with Gasteiger partial charge in [0.15, 0.2) is 0 Å². The highest BCUT2D eigenvalue weighted by atomic mass is 32.1. The Morgan fingerprint density at radius 2 is 1.93 bits per heavy atom. The van der Waals surface area contributed by atoms with Crippen LogP contribution in [-0.2, 0) is 6.61 Å². The van der Waals surface area contributed by atoms with Crippen molar-refractivity contribution in [3.8, 4) is 16.3 Å². The number of carbonyl (C=O) groups is 1. The van der Waals surface area contributed by atoms with Crippen LogP contribution in [0.15, 0.2) is 83.4 Å². The largest absolute Gasteiger partial charge is 0.488 e. The third-order valence-electron chi connectivity index (χ3n) is 4.18. The molecule has 144 valence electrons. The van der Waals surface area contributed by atoms with Gasteiger partial charge in [-0.1, -0.05) is 48.5 Å². The highest BCUT2D eigenvalue weighted by molar-refractivity contribution is 7.13. The summed E-state index contributed by atoms with van der Waals surface area (Å²) in [6.45, 7) is 0.456. The lowest BCUT2D eigenvalue weighted by molar-refractivity contribution is 0.0956. The first-order valence-electron chi connectivity index (χ1n) is 8.97. The zero-order valence-electron chi connectivity index (χ0n) is 15.4. The second-order valence-electron chi connectivity index (χ2n) is 6.15. The molecule has 4 aromatic rings. The van der Waals surface area contributed by atoms with Gasteiger partial charge in [0.1, 0.15) is 12.4 Å². The maximum atomic E-state index is 12.5. The standard InChI is InChI=1S/C22H18N4O2S/c27-22(18-14-24-25-21(18)20-11-6-12-29-20)26-23-13-17-9-4-5-10-19(17)28-15-16-7-2-1-3-8-16/h1-14H,15H2,(H,24,25)(H,26,27)/b23-13+. The molecule has 0 aliphatic rings. The van der Waals surface area contributed by atoms with Crippen LogP contribution in [0.5, 0.6) is 5.75 Å². The Labute approximate surface area is 171 Å². The quantitative estimate of drug-likeness (QED) is 0.353. The number of rotatable bonds is 7. The van der Waals surface area contributed by atoms with E-state index in [1.54, 1.807) is 6.21 Å². The van der Waals surface area contributed by atoms with Gasteiger partial charge in [-0.15, -0.1) is 11.3 Å². The van der Waals surface area contributed by atoms with Crippen LogP contribution < -0.4 is 10.2 Å². The highest BCUT2D eigenvalue weighted by Gasteiger charge is 2.15. The molecule has 7 heteroatoms. The summed E-state index contributed by atoms with van der Waals surface area (Å²) in [5.74, 6) is 0.359. The zero-order chi connectivity index (χ0) is 19.9. The Morgan fingerprint density at radius 3 is 2.76 bits per heavy atom. The van der Waals surface area contributed by atoms with E-state index >= 15 is 0 Å². The normalized spacial score (nSPS) is 10.9. The van der Waals surface area contributed by atoms with Gasteiger partial charge in [0.25, 0.3) is 5.91 Å². The van der Waals surface area contributed by atoms with Crippen LogP contribution in [0.1, 0.15) is 21.5 Å². The number of hydrogen-bond acceptors (Lipinski definition) is 5. The van der Waals surface area contributed by atoms with E-state index in [9.17, 15) is 4.79 Å². The average Bonchev–Trinajstić information content (AvgIpc) is 3.45. The number of hydrazone groups is 1. The molecule has 0 radical (unpaired) electrons. The Hall–Kier alpha value is -3.71. The van der Waals surface area contributed by atoms with Gasteiger partial charge in [-0.3, -0.25) is 9.89 Å². The van der Waals surface area contributed by atoms with E-state index in [0.29, 0.717) is 23.6 Å². The van der Waals surface area contributed by atoms with Crippen LogP contribution in [0, 0.1) is 0 Å². The molecule has 2 aromatic heterocycles. The lowest BCUT2D eigenvalue weighted by atomic mass is 10.2. The predicted molar refractivity (Wildman–Crippen MR) is 114 cm³/mol. The summed E-state index contributed by atoms with van der Waals surface area (Å²) >= 11 is 1.53. The number of amides is 1. The minimum atomic E-state index is -0.332. The molecule has 2 heterocycles. The van der Waals surface area contributed by atoms with E-state index in [2.05, 4.69) is 20.7 Å². The average molecular weight is 402 g/mol. The molecule has 2 aromatic carbocycles. The van der Waals surface area contributed by atoms with Crippen molar-refractivity contribution in [2.45, 2.75) is 6.61 Å². The molecule has 1 amide bonds. The van der Waals surface area contributed by atoms with E-state index in [1.165, 1.54) is 17.5 Å². The van der Waals surface area contributed by atoms with Crippen molar-refractivity contribution in [2.24, 2.45) is 5.10 Å². The topological polar surface area (TPSA) is 79.4 Å². The van der Waals surface area contributed by atoms with E-state index in [1.807, 2.05) is 72.1 Å². The molecule has 6 nitrogen and oxygen atoms in total. The van der Waals surface area contributed by atoms with Crippen molar-refractivity contribution in [1.82, 2.24) is 15.6 Å². The summed E-state index contributed by atoms with van der Waals surface area (Å²) in [6.07, 6.45) is 3.07. The molecule has 0 saturated heterocycles. The highest BCUT2D eigenvalue weighted by Crippen LogP contribution is 2.25. The molecule has 0 aliphatic heterocycles. The Balaban J connectivity index is 1.42. The first-order valence-corrected chi connectivity index (χ1v) is 9.85. The lowest BCUT2D eigenvalue weighted by Gasteiger charge is -2.09. The fourth-order valence-electron chi connectivity index (χ4n) is 2.74. The third kappa shape index (κ3) is 4.59. The van der Waals surface area contributed by atoms with Crippen LogP contribution in [0.3, 0.4) is 0 Å². The Kier molecular flexibility index (Phi) is 5.78. The van der Waals surface area contributed by atoms with Gasteiger partial charge in [-0.05, 0) is 29.1 Å². The number of nitrogens with one attached hydrogen (secondary N) is 2. The van der Waals surface area contributed by atoms with Gasteiger partial charge in [-0.2, -0.15) is 10.2 Å². The number of hydrogen-bond donors (Lipinski definition) is 2. The van der Waals surface area contributed by atoms with Crippen LogP contribution in [0.4, 0.5) is 0 Å². The second-order valence-corrected chi connectivity index (χ2v) is 7.09. The predicted octanol–water partition coefficient (Wildman–Crippen LogP) is 4.48. The van der Waals surface area contributed by atoms with Gasteiger partial charge >= 0.3 is 0 Å². The fourth-order valence-corrected chi connectivity index (χ4v) is 3.48. The molecule has 4 rings (SSSR count). The van der Waals surface area contributed by atoms with Crippen LogP contribution >= 0.6 is 11.3 Å². The van der Waals surface area contributed by atoms with Gasteiger partial charge in [0, 0.05) is 5.56 Å². The molecular weight excluding hydrogens is 384 g/mol. The number of aromatic amines is 1. The molecule has 0 bridgehead atoms. The van der Waals surface area contributed by atoms with Crippen LogP contribution in [0.25, 0.3) is 10.6 Å². The summed E-state index contributed by atoms with van der Waals surface area (Å²) in [5, 5.41) is 12.9. The Morgan fingerprint density at radius 1 is 1.10 bits per heavy atom. The molecule has 0 saturated carbocycles. The summed E-state index contributed by atoms with van der Waals surface area (Å²) < 4.78 is 5.90. The Bertz CT molecular complexity index is 1100. The molecule has 2 N–H and O–H groups in total. The first kappa shape index (κ1) is 18.6. The number of benzene rings is 2. The summed E-state index contributed by atoms with van der Waals surface area (Å²) in [4.78, 5) is 13.4.